The first kappa shape index (κ1) is 48.2. The number of hydrogen-bond donors (Lipinski definition) is 1. The van der Waals surface area contributed by atoms with Crippen LogP contribution in [0.15, 0.2) is 79.4 Å². The molecule has 6 aromatic rings. The number of carbonyl (C=O) groups is 2. The van der Waals surface area contributed by atoms with Gasteiger partial charge in [-0.05, 0) is 86.1 Å². The molecule has 3 aliphatic heterocycles. The Morgan fingerprint density at radius 2 is 1.69 bits per heavy atom. The predicted octanol–water partition coefficient (Wildman–Crippen LogP) is 10.1. The summed E-state index contributed by atoms with van der Waals surface area (Å²) in [4.78, 5) is 49.4. The minimum atomic E-state index is -0.379. The second-order valence-electron chi connectivity index (χ2n) is 21.3. The number of anilines is 1. The number of carbonyl (C=O) groups excluding carboxylic acids is 2. The number of nitrogens with one attached hydrogen (secondary N) is 1. The van der Waals surface area contributed by atoms with Gasteiger partial charge in [-0.25, -0.2) is 9.97 Å². The van der Waals surface area contributed by atoms with Crippen molar-refractivity contribution < 1.29 is 19.1 Å². The Kier molecular flexibility index (Phi) is 13.3. The highest BCUT2D eigenvalue weighted by Crippen LogP contribution is 2.55. The molecule has 2 saturated heterocycles. The number of fused-ring (bicyclic) bond motifs is 2. The van der Waals surface area contributed by atoms with E-state index in [9.17, 15) is 14.9 Å². The summed E-state index contributed by atoms with van der Waals surface area (Å²) in [5.41, 5.74) is 7.37. The monoisotopic (exact) mass is 974 g/mol. The van der Waals surface area contributed by atoms with Crippen molar-refractivity contribution in [3.05, 3.63) is 112 Å². The molecule has 4 aliphatic rings. The first-order valence-electron chi connectivity index (χ1n) is 25.2. The fourth-order valence-electron chi connectivity index (χ4n) is 12.0. The van der Waals surface area contributed by atoms with E-state index in [2.05, 4.69) is 102 Å². The molecular weight excluding hydrogens is 912 g/mol. The third-order valence-electron chi connectivity index (χ3n) is 15.9. The third kappa shape index (κ3) is 9.46. The van der Waals surface area contributed by atoms with E-state index in [1.54, 1.807) is 37.5 Å². The van der Waals surface area contributed by atoms with Gasteiger partial charge in [0.15, 0.2) is 0 Å². The van der Waals surface area contributed by atoms with Gasteiger partial charge in [0.1, 0.15) is 17.9 Å². The van der Waals surface area contributed by atoms with Crippen LogP contribution in [0, 0.1) is 28.1 Å². The lowest BCUT2D eigenvalue weighted by Crippen LogP contribution is -2.74. The molecule has 7 heterocycles. The quantitative estimate of drug-likeness (QED) is 0.124. The van der Waals surface area contributed by atoms with Crippen molar-refractivity contribution in [2.45, 2.75) is 117 Å². The van der Waals surface area contributed by atoms with Gasteiger partial charge in [0.25, 0.3) is 5.91 Å². The molecule has 0 radical (unpaired) electrons. The molecule has 0 bridgehead atoms. The van der Waals surface area contributed by atoms with Gasteiger partial charge in [0.2, 0.25) is 11.9 Å². The van der Waals surface area contributed by atoms with Gasteiger partial charge in [-0.2, -0.15) is 10.4 Å². The molecule has 368 valence electrons. The number of amides is 2. The maximum Gasteiger partial charge on any atom is 0.254 e. The number of rotatable bonds is 12. The van der Waals surface area contributed by atoms with Crippen LogP contribution >= 0.6 is 11.6 Å². The normalized spacial score (nSPS) is 20.4. The SMILES string of the molecule is CC(=O)N1CCc2c(c(-c3cccc4cc(-c5ccc(C(C)CCC6CCN(c7ncc(C(=O)NC8C(C)(C)C(Oc9ccc(C#N)c(Cl)c9)C8(C)C)cn7)CC6)nc5)ncc34)nn2C2CCOCC2)C1. The summed E-state index contributed by atoms with van der Waals surface area (Å²) < 4.78 is 14.3. The standard InChI is InChI=1S/C56H63ClN10O4/c1-34(10-11-36-16-21-65(22-17-36)54-61-30-40(31-62-54)51(69)63-52-55(3,4)53(56(52,5)6)71-42-14-12-38(28-58)46(57)27-42)47-15-13-39(29-59-47)48-26-37-8-7-9-43(44(37)32-60-48)50-45-33-66(35(2)68)23-18-49(45)67(64-50)41-19-24-70-25-20-41/h7-9,12-15,26-27,29-32,34,36,41,52-53H,10-11,16-25,33H2,1-6H3,(H,63,69). The van der Waals surface area contributed by atoms with Crippen molar-refractivity contribution in [2.75, 3.05) is 37.7 Å². The highest BCUT2D eigenvalue weighted by atomic mass is 35.5. The van der Waals surface area contributed by atoms with Gasteiger partial charge in [0.05, 0.1) is 33.6 Å². The highest BCUT2D eigenvalue weighted by Gasteiger charge is 2.64. The number of halogens is 1. The lowest BCUT2D eigenvalue weighted by Gasteiger charge is -2.63. The lowest BCUT2D eigenvalue weighted by atomic mass is 9.49. The molecule has 10 rings (SSSR count). The molecule has 0 spiro atoms. The van der Waals surface area contributed by atoms with Crippen LogP contribution in [-0.2, 0) is 22.5 Å². The molecule has 2 amide bonds. The lowest BCUT2D eigenvalue weighted by molar-refractivity contribution is -0.164. The molecule has 2 aromatic carbocycles. The Balaban J connectivity index is 0.718. The molecule has 1 unspecified atom stereocenters. The zero-order valence-corrected chi connectivity index (χ0v) is 42.4. The minimum absolute atomic E-state index is 0.0897. The number of piperidine rings is 1. The first-order valence-corrected chi connectivity index (χ1v) is 25.6. The maximum absolute atomic E-state index is 13.5. The summed E-state index contributed by atoms with van der Waals surface area (Å²) in [7, 11) is 0. The molecule has 15 heteroatoms. The molecular formula is C56H63ClN10O4. The number of nitrogens with zero attached hydrogens (tertiary/aromatic N) is 9. The van der Waals surface area contributed by atoms with Crippen molar-refractivity contribution in [1.29, 1.82) is 5.26 Å². The van der Waals surface area contributed by atoms with Gasteiger partial charge in [-0.3, -0.25) is 24.2 Å². The second kappa shape index (κ2) is 19.6. The fourth-order valence-corrected chi connectivity index (χ4v) is 12.2. The summed E-state index contributed by atoms with van der Waals surface area (Å²) in [6, 6.07) is 20.1. The molecule has 71 heavy (non-hydrogen) atoms. The summed E-state index contributed by atoms with van der Waals surface area (Å²) in [5, 5.41) is 20.3. The van der Waals surface area contributed by atoms with Crippen LogP contribution < -0.4 is 15.0 Å². The van der Waals surface area contributed by atoms with Crippen LogP contribution in [0.3, 0.4) is 0 Å². The first-order chi connectivity index (χ1) is 34.2. The predicted molar refractivity (Wildman–Crippen MR) is 274 cm³/mol. The van der Waals surface area contributed by atoms with Gasteiger partial charge in [-0.1, -0.05) is 64.4 Å². The van der Waals surface area contributed by atoms with E-state index < -0.39 is 0 Å². The Bertz CT molecular complexity index is 2970. The van der Waals surface area contributed by atoms with Crippen LogP contribution in [0.25, 0.3) is 33.3 Å². The zero-order valence-electron chi connectivity index (χ0n) is 41.6. The van der Waals surface area contributed by atoms with Crippen molar-refractivity contribution in [2.24, 2.45) is 16.7 Å². The van der Waals surface area contributed by atoms with E-state index in [1.807, 2.05) is 17.3 Å². The summed E-state index contributed by atoms with van der Waals surface area (Å²) in [5.74, 6) is 2.04. The molecule has 1 aliphatic carbocycles. The second-order valence-corrected chi connectivity index (χ2v) is 21.7. The number of aromatic nitrogens is 6. The van der Waals surface area contributed by atoms with E-state index in [-0.39, 0.29) is 34.8 Å². The Morgan fingerprint density at radius 1 is 0.930 bits per heavy atom. The van der Waals surface area contributed by atoms with Crippen molar-refractivity contribution in [3.8, 4) is 34.3 Å². The topological polar surface area (TPSA) is 164 Å². The van der Waals surface area contributed by atoms with Crippen LogP contribution in [-0.4, -0.2) is 91.4 Å². The van der Waals surface area contributed by atoms with E-state index >= 15 is 0 Å². The average molecular weight is 976 g/mol. The molecule has 1 saturated carbocycles. The van der Waals surface area contributed by atoms with Crippen LogP contribution in [0.5, 0.6) is 5.75 Å². The number of nitriles is 1. The van der Waals surface area contributed by atoms with Crippen LogP contribution in [0.4, 0.5) is 5.95 Å². The number of ether oxygens (including phenoxy) is 2. The Labute approximate surface area is 421 Å². The van der Waals surface area contributed by atoms with Gasteiger partial charge in [0, 0.05) is 134 Å². The van der Waals surface area contributed by atoms with Gasteiger partial charge < -0.3 is 24.6 Å². The Morgan fingerprint density at radius 3 is 2.38 bits per heavy atom. The van der Waals surface area contributed by atoms with E-state index in [0.717, 1.165) is 116 Å². The smallest absolute Gasteiger partial charge is 0.254 e. The van der Waals surface area contributed by atoms with Crippen molar-refractivity contribution >= 4 is 40.1 Å². The molecule has 14 nitrogen and oxygen atoms in total. The third-order valence-corrected chi connectivity index (χ3v) is 16.2. The van der Waals surface area contributed by atoms with Gasteiger partial charge in [-0.15, -0.1) is 0 Å². The van der Waals surface area contributed by atoms with Crippen molar-refractivity contribution in [1.82, 2.24) is 39.9 Å². The summed E-state index contributed by atoms with van der Waals surface area (Å²) in [6.45, 7) is 16.8. The summed E-state index contributed by atoms with van der Waals surface area (Å²) in [6.07, 6.45) is 13.9. The van der Waals surface area contributed by atoms with E-state index in [1.165, 1.54) is 5.69 Å². The fraction of sp³-hybridized carbons (Fsp3) is 0.464. The van der Waals surface area contributed by atoms with E-state index in [4.69, 9.17) is 36.1 Å². The zero-order chi connectivity index (χ0) is 49.6. The molecule has 3 fully saturated rings. The molecule has 4 aromatic heterocycles. The average Bonchev–Trinajstić information content (AvgIpc) is 3.77. The molecule has 1 atom stereocenters. The van der Waals surface area contributed by atoms with Crippen LogP contribution in [0.1, 0.15) is 125 Å². The van der Waals surface area contributed by atoms with Crippen molar-refractivity contribution in [3.63, 3.8) is 0 Å². The number of pyridine rings is 2. The highest BCUT2D eigenvalue weighted by molar-refractivity contribution is 6.31. The minimum Gasteiger partial charge on any atom is -0.489 e. The maximum atomic E-state index is 13.5. The van der Waals surface area contributed by atoms with E-state index in [0.29, 0.717) is 58.8 Å². The largest absolute Gasteiger partial charge is 0.489 e. The Hall–Kier alpha value is -6.43. The number of hydrogen-bond acceptors (Lipinski definition) is 11. The summed E-state index contributed by atoms with van der Waals surface area (Å²) >= 11 is 6.27. The number of benzene rings is 2. The van der Waals surface area contributed by atoms with Gasteiger partial charge >= 0.3 is 0 Å². The van der Waals surface area contributed by atoms with Crippen LogP contribution in [0.2, 0.25) is 5.02 Å². The molecule has 1 N–H and O–H groups in total.